The van der Waals surface area contributed by atoms with Crippen molar-refractivity contribution in [3.63, 3.8) is 0 Å². The van der Waals surface area contributed by atoms with Gasteiger partial charge in [-0.15, -0.1) is 11.3 Å². The van der Waals surface area contributed by atoms with Gasteiger partial charge in [-0.25, -0.2) is 4.98 Å². The Kier molecular flexibility index (Phi) is 3.66. The average Bonchev–Trinajstić information content (AvgIpc) is 3.04. The summed E-state index contributed by atoms with van der Waals surface area (Å²) in [6, 6.07) is 2.20. The molecule has 3 heterocycles. The molecule has 100 valence electrons. The molecule has 0 N–H and O–H groups in total. The van der Waals surface area contributed by atoms with Crippen LogP contribution < -0.4 is 4.90 Å². The fourth-order valence-corrected chi connectivity index (χ4v) is 4.25. The first-order valence-electron chi connectivity index (χ1n) is 6.57. The molecule has 0 aliphatic carbocycles. The highest BCUT2D eigenvalue weighted by molar-refractivity contribution is 7.17. The number of aldehydes is 1. The first-order valence-corrected chi connectivity index (χ1v) is 8.26. The zero-order valence-electron chi connectivity index (χ0n) is 10.9. The smallest absolute Gasteiger partial charge is 0.186 e. The highest BCUT2D eigenvalue weighted by atomic mass is 32.1. The van der Waals surface area contributed by atoms with E-state index >= 15 is 0 Å². The van der Waals surface area contributed by atoms with Crippen LogP contribution in [-0.4, -0.2) is 17.8 Å². The summed E-state index contributed by atoms with van der Waals surface area (Å²) in [4.78, 5) is 20.4. The standard InChI is InChI=1S/C14H16N2OS2/c1-2-3-11-13(9-17)19-14(15-11)16-6-4-12-10(8-16)5-7-18-12/h5,7,9H,2-4,6,8H2,1H3. The van der Waals surface area contributed by atoms with E-state index in [1.165, 1.54) is 21.8 Å². The third-order valence-corrected chi connectivity index (χ3v) is 5.50. The quantitative estimate of drug-likeness (QED) is 0.808. The van der Waals surface area contributed by atoms with Crippen LogP contribution in [0.3, 0.4) is 0 Å². The van der Waals surface area contributed by atoms with Gasteiger partial charge in [0.1, 0.15) is 0 Å². The van der Waals surface area contributed by atoms with Crippen molar-refractivity contribution in [1.29, 1.82) is 0 Å². The molecule has 0 spiro atoms. The van der Waals surface area contributed by atoms with Gasteiger partial charge in [0.15, 0.2) is 11.4 Å². The van der Waals surface area contributed by atoms with Gasteiger partial charge in [0.25, 0.3) is 0 Å². The Bertz CT molecular complexity index is 588. The van der Waals surface area contributed by atoms with E-state index in [-0.39, 0.29) is 0 Å². The van der Waals surface area contributed by atoms with Crippen LogP contribution in [0.25, 0.3) is 0 Å². The number of carbonyl (C=O) groups is 1. The molecule has 0 saturated heterocycles. The Balaban J connectivity index is 1.85. The molecular formula is C14H16N2OS2. The molecule has 0 unspecified atom stereocenters. The van der Waals surface area contributed by atoms with Gasteiger partial charge in [-0.1, -0.05) is 24.7 Å². The second kappa shape index (κ2) is 5.43. The van der Waals surface area contributed by atoms with Crippen LogP contribution in [0.15, 0.2) is 11.4 Å². The Morgan fingerprint density at radius 2 is 2.42 bits per heavy atom. The van der Waals surface area contributed by atoms with E-state index in [9.17, 15) is 4.79 Å². The summed E-state index contributed by atoms with van der Waals surface area (Å²) in [6.07, 6.45) is 3.96. The zero-order valence-corrected chi connectivity index (χ0v) is 12.5. The minimum Gasteiger partial charge on any atom is -0.343 e. The summed E-state index contributed by atoms with van der Waals surface area (Å²) in [7, 11) is 0. The molecule has 0 atom stereocenters. The third-order valence-electron chi connectivity index (χ3n) is 3.39. The van der Waals surface area contributed by atoms with Crippen LogP contribution in [0, 0.1) is 0 Å². The molecule has 0 aromatic carbocycles. The molecular weight excluding hydrogens is 276 g/mol. The molecule has 2 aromatic heterocycles. The number of hydrogen-bond donors (Lipinski definition) is 0. The summed E-state index contributed by atoms with van der Waals surface area (Å²) >= 11 is 3.38. The van der Waals surface area contributed by atoms with Gasteiger partial charge in [-0.2, -0.15) is 0 Å². The van der Waals surface area contributed by atoms with E-state index in [1.54, 1.807) is 0 Å². The normalized spacial score (nSPS) is 14.5. The number of thiazole rings is 1. The van der Waals surface area contributed by atoms with Gasteiger partial charge in [0.2, 0.25) is 0 Å². The zero-order chi connectivity index (χ0) is 13.2. The lowest BCUT2D eigenvalue weighted by Gasteiger charge is -2.26. The van der Waals surface area contributed by atoms with Crippen molar-refractivity contribution in [3.05, 3.63) is 32.5 Å². The molecule has 3 nitrogen and oxygen atoms in total. The Morgan fingerprint density at radius 1 is 1.53 bits per heavy atom. The number of fused-ring (bicyclic) bond motifs is 1. The fraction of sp³-hybridized carbons (Fsp3) is 0.429. The van der Waals surface area contributed by atoms with E-state index in [0.29, 0.717) is 0 Å². The van der Waals surface area contributed by atoms with Gasteiger partial charge in [-0.05, 0) is 29.9 Å². The molecule has 1 aliphatic heterocycles. The second-order valence-corrected chi connectivity index (χ2v) is 6.73. The number of carbonyl (C=O) groups excluding carboxylic acids is 1. The lowest BCUT2D eigenvalue weighted by atomic mass is 10.1. The number of anilines is 1. The van der Waals surface area contributed by atoms with Gasteiger partial charge in [0.05, 0.1) is 10.6 Å². The minimum atomic E-state index is 0.799. The first-order chi connectivity index (χ1) is 9.31. The van der Waals surface area contributed by atoms with Gasteiger partial charge >= 0.3 is 0 Å². The summed E-state index contributed by atoms with van der Waals surface area (Å²) < 4.78 is 0. The van der Waals surface area contributed by atoms with E-state index in [2.05, 4.69) is 28.3 Å². The highest BCUT2D eigenvalue weighted by Crippen LogP contribution is 2.31. The third kappa shape index (κ3) is 2.44. The summed E-state index contributed by atoms with van der Waals surface area (Å²) in [5, 5.41) is 3.16. The van der Waals surface area contributed by atoms with Crippen molar-refractivity contribution in [2.45, 2.75) is 32.7 Å². The lowest BCUT2D eigenvalue weighted by molar-refractivity contribution is 0.112. The van der Waals surface area contributed by atoms with E-state index in [1.807, 2.05) is 11.3 Å². The SMILES string of the molecule is CCCc1nc(N2CCc3sccc3C2)sc1C=O. The van der Waals surface area contributed by atoms with E-state index in [0.717, 1.165) is 54.3 Å². The van der Waals surface area contributed by atoms with Crippen molar-refractivity contribution in [2.24, 2.45) is 0 Å². The summed E-state index contributed by atoms with van der Waals surface area (Å²) in [6.45, 7) is 4.05. The lowest BCUT2D eigenvalue weighted by Crippen LogP contribution is -2.29. The van der Waals surface area contributed by atoms with Crippen molar-refractivity contribution in [3.8, 4) is 0 Å². The highest BCUT2D eigenvalue weighted by Gasteiger charge is 2.21. The summed E-state index contributed by atoms with van der Waals surface area (Å²) in [5.41, 5.74) is 2.38. The minimum absolute atomic E-state index is 0.799. The fourth-order valence-electron chi connectivity index (χ4n) is 2.41. The molecule has 0 bridgehead atoms. The van der Waals surface area contributed by atoms with Crippen LogP contribution in [-0.2, 0) is 19.4 Å². The molecule has 0 saturated carbocycles. The number of thiophene rings is 1. The van der Waals surface area contributed by atoms with Crippen molar-refractivity contribution < 1.29 is 4.79 Å². The number of rotatable bonds is 4. The Hall–Kier alpha value is -1.20. The largest absolute Gasteiger partial charge is 0.343 e. The van der Waals surface area contributed by atoms with Crippen LogP contribution in [0.4, 0.5) is 5.13 Å². The van der Waals surface area contributed by atoms with Crippen LogP contribution in [0.1, 0.15) is 39.2 Å². The maximum Gasteiger partial charge on any atom is 0.186 e. The topological polar surface area (TPSA) is 33.2 Å². The predicted molar refractivity (Wildman–Crippen MR) is 80.6 cm³/mol. The molecule has 0 radical (unpaired) electrons. The van der Waals surface area contributed by atoms with Gasteiger partial charge < -0.3 is 4.90 Å². The molecule has 19 heavy (non-hydrogen) atoms. The number of nitrogens with zero attached hydrogens (tertiary/aromatic N) is 2. The molecule has 0 fully saturated rings. The molecule has 5 heteroatoms. The molecule has 2 aromatic rings. The maximum atomic E-state index is 11.1. The summed E-state index contributed by atoms with van der Waals surface area (Å²) in [5.74, 6) is 0. The predicted octanol–water partition coefficient (Wildman–Crippen LogP) is 3.53. The van der Waals surface area contributed by atoms with Crippen LogP contribution in [0.5, 0.6) is 0 Å². The molecule has 1 aliphatic rings. The second-order valence-electron chi connectivity index (χ2n) is 4.72. The average molecular weight is 292 g/mol. The Labute approximate surface area is 120 Å². The van der Waals surface area contributed by atoms with Crippen molar-refractivity contribution in [1.82, 2.24) is 4.98 Å². The monoisotopic (exact) mass is 292 g/mol. The molecule has 3 rings (SSSR count). The Morgan fingerprint density at radius 3 is 3.21 bits per heavy atom. The number of aromatic nitrogens is 1. The molecule has 0 amide bonds. The number of aryl methyl sites for hydroxylation is 1. The van der Waals surface area contributed by atoms with E-state index < -0.39 is 0 Å². The first kappa shape index (κ1) is 12.8. The van der Waals surface area contributed by atoms with Gasteiger partial charge in [-0.3, -0.25) is 4.79 Å². The van der Waals surface area contributed by atoms with E-state index in [4.69, 9.17) is 0 Å². The van der Waals surface area contributed by atoms with Crippen molar-refractivity contribution in [2.75, 3.05) is 11.4 Å². The van der Waals surface area contributed by atoms with Gasteiger partial charge in [0, 0.05) is 18.0 Å². The van der Waals surface area contributed by atoms with Crippen LogP contribution >= 0.6 is 22.7 Å². The van der Waals surface area contributed by atoms with Crippen molar-refractivity contribution >= 4 is 34.1 Å². The number of hydrogen-bond acceptors (Lipinski definition) is 5. The van der Waals surface area contributed by atoms with Crippen LogP contribution in [0.2, 0.25) is 0 Å². The maximum absolute atomic E-state index is 11.1.